The zero-order chi connectivity index (χ0) is 17.1. The van der Waals surface area contributed by atoms with E-state index in [0.29, 0.717) is 23.5 Å². The topological polar surface area (TPSA) is 99.4 Å². The number of amides is 1. The number of hydrogen-bond acceptors (Lipinski definition) is 5. The Balaban J connectivity index is 1.78. The minimum Gasteiger partial charge on any atom is -0.369 e. The van der Waals surface area contributed by atoms with Crippen molar-refractivity contribution in [2.45, 2.75) is 18.9 Å². The summed E-state index contributed by atoms with van der Waals surface area (Å²) in [6.07, 6.45) is 2.05. The first-order chi connectivity index (χ1) is 11.4. The van der Waals surface area contributed by atoms with Crippen LogP contribution in [0.25, 0.3) is 0 Å². The minimum atomic E-state index is -0.934. The molecule has 4 N–H and O–H groups in total. The van der Waals surface area contributed by atoms with Gasteiger partial charge in [-0.3, -0.25) is 14.8 Å². The van der Waals surface area contributed by atoms with Gasteiger partial charge in [0.05, 0.1) is 11.6 Å². The number of carbonyl (C=O) groups excluding carboxylic acids is 1. The molecule has 2 atom stereocenters. The third-order valence-electron chi connectivity index (χ3n) is 5.01. The second-order valence-corrected chi connectivity index (χ2v) is 6.49. The zero-order valence-corrected chi connectivity index (χ0v) is 13.3. The number of halogens is 1. The molecular formula is C16H17FN6O. The van der Waals surface area contributed by atoms with Gasteiger partial charge in [0, 0.05) is 24.4 Å². The van der Waals surface area contributed by atoms with Crippen LogP contribution in [0.5, 0.6) is 0 Å². The Morgan fingerprint density at radius 1 is 1.42 bits per heavy atom. The van der Waals surface area contributed by atoms with Crippen LogP contribution in [0.4, 0.5) is 15.9 Å². The van der Waals surface area contributed by atoms with Gasteiger partial charge in [-0.25, -0.2) is 9.38 Å². The van der Waals surface area contributed by atoms with Gasteiger partial charge in [-0.2, -0.15) is 5.10 Å². The summed E-state index contributed by atoms with van der Waals surface area (Å²) in [7, 11) is 1.58. The predicted octanol–water partition coefficient (Wildman–Crippen LogP) is 1.68. The van der Waals surface area contributed by atoms with E-state index in [0.717, 1.165) is 0 Å². The molecule has 124 valence electrons. The van der Waals surface area contributed by atoms with Crippen molar-refractivity contribution in [1.29, 1.82) is 0 Å². The molecule has 0 radical (unpaired) electrons. The van der Waals surface area contributed by atoms with Gasteiger partial charge in [-0.1, -0.05) is 0 Å². The van der Waals surface area contributed by atoms with E-state index in [1.807, 2.05) is 0 Å². The second-order valence-electron chi connectivity index (χ2n) is 6.49. The van der Waals surface area contributed by atoms with E-state index >= 15 is 0 Å². The molecular weight excluding hydrogens is 311 g/mol. The average Bonchev–Trinajstić information content (AvgIpc) is 2.93. The number of aromatic amines is 1. The molecule has 2 aromatic rings. The first kappa shape index (κ1) is 14.7. The molecule has 1 amide bonds. The molecule has 0 saturated heterocycles. The van der Waals surface area contributed by atoms with Crippen LogP contribution in [0.3, 0.4) is 0 Å². The van der Waals surface area contributed by atoms with E-state index in [9.17, 15) is 9.18 Å². The largest absolute Gasteiger partial charge is 0.369 e. The number of guanidine groups is 1. The molecule has 1 saturated carbocycles. The highest BCUT2D eigenvalue weighted by atomic mass is 19.1. The van der Waals surface area contributed by atoms with Crippen LogP contribution >= 0.6 is 0 Å². The highest BCUT2D eigenvalue weighted by Gasteiger charge is 2.74. The Morgan fingerprint density at radius 3 is 2.92 bits per heavy atom. The number of nitrogens with two attached hydrogens (primary N) is 1. The first-order valence-electron chi connectivity index (χ1n) is 7.57. The Hall–Kier alpha value is -2.90. The van der Waals surface area contributed by atoms with Crippen molar-refractivity contribution in [1.82, 2.24) is 15.1 Å². The highest BCUT2D eigenvalue weighted by molar-refractivity contribution is 6.04. The molecule has 2 aliphatic rings. The minimum absolute atomic E-state index is 0.112. The van der Waals surface area contributed by atoms with Crippen molar-refractivity contribution in [2.24, 2.45) is 16.1 Å². The first-order valence-corrected chi connectivity index (χ1v) is 7.57. The number of nitrogens with zero attached hydrogens (tertiary/aromatic N) is 3. The lowest BCUT2D eigenvalue weighted by atomic mass is 9.92. The molecule has 1 aromatic carbocycles. The number of carbonyl (C=O) groups is 1. The summed E-state index contributed by atoms with van der Waals surface area (Å²) in [5.41, 5.74) is 5.22. The van der Waals surface area contributed by atoms with Crippen LogP contribution < -0.4 is 11.1 Å². The molecule has 0 spiro atoms. The van der Waals surface area contributed by atoms with Crippen LogP contribution in [0, 0.1) is 11.2 Å². The summed E-state index contributed by atoms with van der Waals surface area (Å²) in [5, 5.41) is 9.75. The number of fused-ring (bicyclic) bond motifs is 1. The number of aliphatic imine (C=N–C) groups is 1. The molecule has 1 unspecified atom stereocenters. The summed E-state index contributed by atoms with van der Waals surface area (Å²) >= 11 is 0. The Labute approximate surface area is 137 Å². The van der Waals surface area contributed by atoms with E-state index < -0.39 is 16.8 Å². The quantitative estimate of drug-likeness (QED) is 0.798. The molecule has 1 aliphatic heterocycles. The van der Waals surface area contributed by atoms with E-state index in [2.05, 4.69) is 20.5 Å². The van der Waals surface area contributed by atoms with Gasteiger partial charge in [-0.15, -0.1) is 0 Å². The third-order valence-corrected chi connectivity index (χ3v) is 5.01. The second kappa shape index (κ2) is 4.56. The van der Waals surface area contributed by atoms with Gasteiger partial charge in [0.25, 0.3) is 0 Å². The number of rotatable bonds is 3. The lowest BCUT2D eigenvalue weighted by Gasteiger charge is -2.30. The number of aromatic nitrogens is 2. The maximum absolute atomic E-state index is 14.5. The Kier molecular flexibility index (Phi) is 2.79. The lowest BCUT2D eigenvalue weighted by molar-refractivity contribution is -0.132. The van der Waals surface area contributed by atoms with Crippen LogP contribution in [-0.2, 0) is 10.3 Å². The van der Waals surface area contributed by atoms with Crippen molar-refractivity contribution in [3.05, 3.63) is 41.8 Å². The van der Waals surface area contributed by atoms with Crippen LogP contribution in [0.1, 0.15) is 18.9 Å². The van der Waals surface area contributed by atoms with E-state index in [4.69, 9.17) is 5.73 Å². The highest BCUT2D eigenvalue weighted by Crippen LogP contribution is 2.68. The molecule has 1 fully saturated rings. The van der Waals surface area contributed by atoms with Crippen LogP contribution in [0.15, 0.2) is 35.5 Å². The summed E-state index contributed by atoms with van der Waals surface area (Å²) in [6.45, 7) is 1.80. The average molecular weight is 328 g/mol. The van der Waals surface area contributed by atoms with Crippen LogP contribution in [0.2, 0.25) is 0 Å². The molecule has 0 bridgehead atoms. The van der Waals surface area contributed by atoms with Crippen LogP contribution in [-0.4, -0.2) is 34.0 Å². The Bertz CT molecular complexity index is 863. The van der Waals surface area contributed by atoms with E-state index in [1.165, 1.54) is 11.0 Å². The van der Waals surface area contributed by atoms with Gasteiger partial charge in [0.15, 0.2) is 5.96 Å². The fourth-order valence-corrected chi connectivity index (χ4v) is 3.48. The standard InChI is InChI=1S/C16H17FN6O/c1-15-8-16(15,21-14(18)23(2)13(15)24)10-7-9(3-4-11(10)17)20-12-5-6-19-22-12/h3-7H,8H2,1-2H3,(H2,18,21)(H2,19,20,22)/t15?,16-/m1/s1. The summed E-state index contributed by atoms with van der Waals surface area (Å²) < 4.78 is 14.5. The smallest absolute Gasteiger partial charge is 0.237 e. The maximum atomic E-state index is 14.5. The number of benzene rings is 1. The fraction of sp³-hybridized carbons (Fsp3) is 0.312. The van der Waals surface area contributed by atoms with Crippen molar-refractivity contribution < 1.29 is 9.18 Å². The van der Waals surface area contributed by atoms with Crippen molar-refractivity contribution in [2.75, 3.05) is 12.4 Å². The fourth-order valence-electron chi connectivity index (χ4n) is 3.48. The molecule has 24 heavy (non-hydrogen) atoms. The van der Waals surface area contributed by atoms with Crippen molar-refractivity contribution in [3.8, 4) is 0 Å². The van der Waals surface area contributed by atoms with E-state index in [-0.39, 0.29) is 11.9 Å². The van der Waals surface area contributed by atoms with Gasteiger partial charge in [0.2, 0.25) is 5.91 Å². The SMILES string of the molecule is CN1C(=O)C2(C)C[C@]2(c2cc(Nc3ccn[nH]3)ccc2F)N=C1N. The maximum Gasteiger partial charge on any atom is 0.237 e. The van der Waals surface area contributed by atoms with Gasteiger partial charge >= 0.3 is 0 Å². The molecule has 1 aromatic heterocycles. The molecule has 7 nitrogen and oxygen atoms in total. The summed E-state index contributed by atoms with van der Waals surface area (Å²) in [4.78, 5) is 18.3. The molecule has 1 aliphatic carbocycles. The van der Waals surface area contributed by atoms with Gasteiger partial charge in [0.1, 0.15) is 17.2 Å². The molecule has 4 rings (SSSR count). The Morgan fingerprint density at radius 2 is 2.21 bits per heavy atom. The third kappa shape index (κ3) is 1.79. The van der Waals surface area contributed by atoms with Gasteiger partial charge in [-0.05, 0) is 31.5 Å². The molecule has 8 heteroatoms. The van der Waals surface area contributed by atoms with Crippen molar-refractivity contribution in [3.63, 3.8) is 0 Å². The zero-order valence-electron chi connectivity index (χ0n) is 13.3. The number of anilines is 2. The van der Waals surface area contributed by atoms with Gasteiger partial charge < -0.3 is 11.1 Å². The number of nitrogens with one attached hydrogen (secondary N) is 2. The monoisotopic (exact) mass is 328 g/mol. The lowest BCUT2D eigenvalue weighted by Crippen LogP contribution is -2.48. The normalized spacial score (nSPS) is 28.4. The number of H-pyrrole nitrogens is 1. The number of hydrogen-bond donors (Lipinski definition) is 3. The summed E-state index contributed by atoms with van der Waals surface area (Å²) in [5.74, 6) is 0.261. The van der Waals surface area contributed by atoms with Crippen molar-refractivity contribution >= 4 is 23.4 Å². The van der Waals surface area contributed by atoms with E-state index in [1.54, 1.807) is 38.4 Å². The predicted molar refractivity (Wildman–Crippen MR) is 87.1 cm³/mol. The molecule has 2 heterocycles. The summed E-state index contributed by atoms with van der Waals surface area (Å²) in [6, 6.07) is 6.44.